The maximum absolute atomic E-state index is 12.3. The highest BCUT2D eigenvalue weighted by molar-refractivity contribution is 5.76. The molecule has 3 rings (SSSR count). The molecular formula is C16H18N4O2. The summed E-state index contributed by atoms with van der Waals surface area (Å²) in [6.07, 6.45) is 5.19. The first-order valence-electron chi connectivity index (χ1n) is 7.39. The Balaban J connectivity index is 1.66. The van der Waals surface area contributed by atoms with Gasteiger partial charge >= 0.3 is 0 Å². The molecule has 0 atom stereocenters. The summed E-state index contributed by atoms with van der Waals surface area (Å²) in [5.74, 6) is 0.683. The lowest BCUT2D eigenvalue weighted by atomic mass is 10.1. The van der Waals surface area contributed by atoms with Gasteiger partial charge in [-0.1, -0.05) is 6.07 Å². The van der Waals surface area contributed by atoms with Gasteiger partial charge in [-0.05, 0) is 31.4 Å². The van der Waals surface area contributed by atoms with Crippen molar-refractivity contribution < 1.29 is 4.79 Å². The van der Waals surface area contributed by atoms with E-state index in [4.69, 9.17) is 0 Å². The van der Waals surface area contributed by atoms with E-state index in [-0.39, 0.29) is 11.5 Å². The van der Waals surface area contributed by atoms with E-state index in [9.17, 15) is 9.59 Å². The SMILES string of the molecule is Cc1nc2c(c(=O)[nH]1)CCN(C(=O)CCc1cccnc1)C2. The standard InChI is InChI=1S/C16H18N4O2/c1-11-18-14-10-20(8-6-13(14)16(22)19-11)15(21)5-4-12-3-2-7-17-9-12/h2-3,7,9H,4-6,8,10H2,1H3,(H,18,19,22). The zero-order valence-electron chi connectivity index (χ0n) is 12.5. The van der Waals surface area contributed by atoms with Crippen molar-refractivity contribution in [3.63, 3.8) is 0 Å². The fourth-order valence-electron chi connectivity index (χ4n) is 2.73. The lowest BCUT2D eigenvalue weighted by molar-refractivity contribution is -0.132. The lowest BCUT2D eigenvalue weighted by Gasteiger charge is -2.27. The molecule has 0 fully saturated rings. The molecule has 3 heterocycles. The summed E-state index contributed by atoms with van der Waals surface area (Å²) in [6.45, 7) is 2.75. The topological polar surface area (TPSA) is 79.0 Å². The minimum Gasteiger partial charge on any atom is -0.336 e. The van der Waals surface area contributed by atoms with Gasteiger partial charge in [-0.15, -0.1) is 0 Å². The van der Waals surface area contributed by atoms with E-state index in [1.807, 2.05) is 12.1 Å². The summed E-state index contributed by atoms with van der Waals surface area (Å²) in [4.78, 5) is 37.1. The van der Waals surface area contributed by atoms with Crippen molar-refractivity contribution in [1.29, 1.82) is 0 Å². The smallest absolute Gasteiger partial charge is 0.254 e. The summed E-state index contributed by atoms with van der Waals surface area (Å²) in [7, 11) is 0. The Hall–Kier alpha value is -2.50. The fraction of sp³-hybridized carbons (Fsp3) is 0.375. The molecule has 0 radical (unpaired) electrons. The first kappa shape index (κ1) is 14.4. The van der Waals surface area contributed by atoms with Crippen LogP contribution in [0.1, 0.15) is 29.1 Å². The number of amides is 1. The Morgan fingerprint density at radius 1 is 1.45 bits per heavy atom. The van der Waals surface area contributed by atoms with Crippen molar-refractivity contribution in [1.82, 2.24) is 19.9 Å². The molecule has 0 aromatic carbocycles. The fourth-order valence-corrected chi connectivity index (χ4v) is 2.73. The van der Waals surface area contributed by atoms with Gasteiger partial charge in [-0.3, -0.25) is 14.6 Å². The van der Waals surface area contributed by atoms with Crippen LogP contribution in [0.5, 0.6) is 0 Å². The predicted molar refractivity (Wildman–Crippen MR) is 81.3 cm³/mol. The highest BCUT2D eigenvalue weighted by Crippen LogP contribution is 2.15. The average Bonchev–Trinajstić information content (AvgIpc) is 2.53. The Bertz CT molecular complexity index is 740. The van der Waals surface area contributed by atoms with Crippen LogP contribution in [0.3, 0.4) is 0 Å². The first-order valence-corrected chi connectivity index (χ1v) is 7.39. The number of carbonyl (C=O) groups excluding carboxylic acids is 1. The van der Waals surface area contributed by atoms with Crippen molar-refractivity contribution in [2.75, 3.05) is 6.54 Å². The highest BCUT2D eigenvalue weighted by Gasteiger charge is 2.23. The van der Waals surface area contributed by atoms with Crippen molar-refractivity contribution in [2.24, 2.45) is 0 Å². The van der Waals surface area contributed by atoms with E-state index in [1.54, 1.807) is 24.2 Å². The van der Waals surface area contributed by atoms with Gasteiger partial charge in [0.15, 0.2) is 0 Å². The van der Waals surface area contributed by atoms with Crippen molar-refractivity contribution in [2.45, 2.75) is 32.7 Å². The molecule has 1 aliphatic rings. The summed E-state index contributed by atoms with van der Waals surface area (Å²) in [5.41, 5.74) is 2.41. The minimum atomic E-state index is -0.0787. The monoisotopic (exact) mass is 298 g/mol. The number of nitrogens with zero attached hydrogens (tertiary/aromatic N) is 3. The number of aromatic amines is 1. The second kappa shape index (κ2) is 6.09. The molecule has 1 aliphatic heterocycles. The highest BCUT2D eigenvalue weighted by atomic mass is 16.2. The van der Waals surface area contributed by atoms with Gasteiger partial charge in [-0.25, -0.2) is 4.98 Å². The third-order valence-electron chi connectivity index (χ3n) is 3.89. The number of fused-ring (bicyclic) bond motifs is 1. The van der Waals surface area contributed by atoms with Gasteiger partial charge in [0.2, 0.25) is 5.91 Å². The summed E-state index contributed by atoms with van der Waals surface area (Å²) < 4.78 is 0. The third-order valence-corrected chi connectivity index (χ3v) is 3.89. The van der Waals surface area contributed by atoms with Crippen LogP contribution in [0.4, 0.5) is 0 Å². The molecule has 22 heavy (non-hydrogen) atoms. The number of pyridine rings is 1. The number of hydrogen-bond acceptors (Lipinski definition) is 4. The maximum Gasteiger partial charge on any atom is 0.254 e. The largest absolute Gasteiger partial charge is 0.336 e. The van der Waals surface area contributed by atoms with E-state index < -0.39 is 0 Å². The molecule has 6 nitrogen and oxygen atoms in total. The second-order valence-electron chi connectivity index (χ2n) is 5.50. The van der Waals surface area contributed by atoms with Crippen LogP contribution in [-0.4, -0.2) is 32.3 Å². The molecule has 2 aromatic rings. The van der Waals surface area contributed by atoms with Gasteiger partial charge < -0.3 is 9.88 Å². The van der Waals surface area contributed by atoms with Gasteiger partial charge in [0.05, 0.1) is 12.2 Å². The van der Waals surface area contributed by atoms with Crippen molar-refractivity contribution in [3.05, 3.63) is 57.5 Å². The van der Waals surface area contributed by atoms with Crippen LogP contribution in [0.2, 0.25) is 0 Å². The van der Waals surface area contributed by atoms with Gasteiger partial charge in [0.1, 0.15) is 5.82 Å². The zero-order chi connectivity index (χ0) is 15.5. The Morgan fingerprint density at radius 3 is 3.09 bits per heavy atom. The number of hydrogen-bond donors (Lipinski definition) is 1. The average molecular weight is 298 g/mol. The molecule has 0 unspecified atom stereocenters. The molecule has 1 N–H and O–H groups in total. The summed E-state index contributed by atoms with van der Waals surface area (Å²) in [6, 6.07) is 3.84. The van der Waals surface area contributed by atoms with Crippen LogP contribution in [0.15, 0.2) is 29.3 Å². The molecule has 0 aliphatic carbocycles. The van der Waals surface area contributed by atoms with Gasteiger partial charge in [0.25, 0.3) is 5.56 Å². The van der Waals surface area contributed by atoms with E-state index in [0.29, 0.717) is 43.7 Å². The summed E-state index contributed by atoms with van der Waals surface area (Å²) >= 11 is 0. The molecule has 0 saturated heterocycles. The first-order chi connectivity index (χ1) is 10.6. The number of carbonyl (C=O) groups is 1. The third kappa shape index (κ3) is 3.05. The normalized spacial score (nSPS) is 13.8. The van der Waals surface area contributed by atoms with E-state index in [2.05, 4.69) is 15.0 Å². The molecule has 6 heteroatoms. The quantitative estimate of drug-likeness (QED) is 0.916. The van der Waals surface area contributed by atoms with Crippen LogP contribution in [0, 0.1) is 6.92 Å². The van der Waals surface area contributed by atoms with E-state index in [1.165, 1.54) is 0 Å². The number of H-pyrrole nitrogens is 1. The van der Waals surface area contributed by atoms with Crippen LogP contribution in [0.25, 0.3) is 0 Å². The molecule has 2 aromatic heterocycles. The molecule has 114 valence electrons. The summed E-state index contributed by atoms with van der Waals surface area (Å²) in [5, 5.41) is 0. The van der Waals surface area contributed by atoms with Crippen LogP contribution >= 0.6 is 0 Å². The van der Waals surface area contributed by atoms with E-state index in [0.717, 1.165) is 11.3 Å². The number of rotatable bonds is 3. The Labute approximate surface area is 128 Å². The van der Waals surface area contributed by atoms with Crippen LogP contribution in [-0.2, 0) is 24.2 Å². The number of aryl methyl sites for hydroxylation is 2. The van der Waals surface area contributed by atoms with Crippen LogP contribution < -0.4 is 5.56 Å². The van der Waals surface area contributed by atoms with Gasteiger partial charge in [-0.2, -0.15) is 0 Å². The minimum absolute atomic E-state index is 0.0787. The second-order valence-corrected chi connectivity index (χ2v) is 5.50. The molecule has 0 spiro atoms. The Kier molecular flexibility index (Phi) is 4.00. The molecule has 1 amide bonds. The van der Waals surface area contributed by atoms with E-state index >= 15 is 0 Å². The number of aromatic nitrogens is 3. The zero-order valence-corrected chi connectivity index (χ0v) is 12.5. The predicted octanol–water partition coefficient (Wildman–Crippen LogP) is 0.991. The number of nitrogens with one attached hydrogen (secondary N) is 1. The maximum atomic E-state index is 12.3. The molecular weight excluding hydrogens is 280 g/mol. The van der Waals surface area contributed by atoms with Gasteiger partial charge in [0, 0.05) is 30.9 Å². The lowest BCUT2D eigenvalue weighted by Crippen LogP contribution is -2.39. The van der Waals surface area contributed by atoms with Crippen molar-refractivity contribution >= 4 is 5.91 Å². The molecule has 0 bridgehead atoms. The molecule has 0 saturated carbocycles. The van der Waals surface area contributed by atoms with Crippen molar-refractivity contribution in [3.8, 4) is 0 Å². The Morgan fingerprint density at radius 2 is 2.32 bits per heavy atom.